The molecule has 4 rings (SSSR count). The summed E-state index contributed by atoms with van der Waals surface area (Å²) in [5.41, 5.74) is 2.54. The van der Waals surface area contributed by atoms with E-state index in [-0.39, 0.29) is 11.4 Å². The number of carboxylic acids is 1. The molecule has 0 saturated heterocycles. The molecule has 2 aromatic carbocycles. The molecule has 0 aliphatic carbocycles. The SMILES string of the molecule is Cc1cn(CC(Oc2ccc(CCc3ccc(F)cc3)c(C(=O)[O-])c2)c2nccs2)cn1. The molecule has 2 heterocycles. The van der Waals surface area contributed by atoms with Crippen molar-refractivity contribution >= 4 is 17.3 Å². The van der Waals surface area contributed by atoms with Gasteiger partial charge < -0.3 is 19.2 Å². The summed E-state index contributed by atoms with van der Waals surface area (Å²) in [5.74, 6) is -1.14. The Bertz CT molecular complexity index is 1190. The zero-order valence-electron chi connectivity index (χ0n) is 17.4. The largest absolute Gasteiger partial charge is 0.545 e. The molecule has 0 saturated carbocycles. The number of nitrogens with zero attached hydrogens (tertiary/aromatic N) is 3. The van der Waals surface area contributed by atoms with Crippen molar-refractivity contribution in [2.75, 3.05) is 0 Å². The molecule has 32 heavy (non-hydrogen) atoms. The molecular weight excluding hydrogens is 429 g/mol. The van der Waals surface area contributed by atoms with Crippen molar-refractivity contribution in [2.45, 2.75) is 32.4 Å². The molecule has 164 valence electrons. The van der Waals surface area contributed by atoms with E-state index in [2.05, 4.69) is 9.97 Å². The van der Waals surface area contributed by atoms with Gasteiger partial charge in [0.2, 0.25) is 0 Å². The molecule has 0 N–H and O–H groups in total. The standard InChI is InChI=1S/C24H22FN3O3S/c1-16-13-28(15-27-16)14-22(23-26-10-11-32-23)31-20-9-6-18(21(12-20)24(29)30)5-2-17-3-7-19(25)8-4-17/h3-4,6-13,15,22H,2,5,14H2,1H3,(H,29,30)/p-1. The van der Waals surface area contributed by atoms with Gasteiger partial charge in [0, 0.05) is 23.3 Å². The second-order valence-corrected chi connectivity index (χ2v) is 8.35. The first-order chi connectivity index (χ1) is 15.5. The van der Waals surface area contributed by atoms with Gasteiger partial charge in [0.25, 0.3) is 0 Å². The number of hydrogen-bond donors (Lipinski definition) is 0. The minimum absolute atomic E-state index is 0.0842. The Hall–Kier alpha value is -3.52. The highest BCUT2D eigenvalue weighted by Gasteiger charge is 2.18. The summed E-state index contributed by atoms with van der Waals surface area (Å²) in [6.45, 7) is 2.40. The summed E-state index contributed by atoms with van der Waals surface area (Å²) in [6, 6.07) is 11.2. The van der Waals surface area contributed by atoms with Crippen LogP contribution in [0, 0.1) is 12.7 Å². The van der Waals surface area contributed by atoms with Crippen LogP contribution in [0.4, 0.5) is 4.39 Å². The summed E-state index contributed by atoms with van der Waals surface area (Å²) < 4.78 is 21.2. The Morgan fingerprint density at radius 2 is 2.00 bits per heavy atom. The maximum Gasteiger partial charge on any atom is 0.168 e. The van der Waals surface area contributed by atoms with Gasteiger partial charge in [-0.25, -0.2) is 14.4 Å². The third-order valence-corrected chi connectivity index (χ3v) is 5.91. The molecule has 6 nitrogen and oxygen atoms in total. The lowest BCUT2D eigenvalue weighted by Gasteiger charge is -2.19. The number of aryl methyl sites for hydroxylation is 3. The summed E-state index contributed by atoms with van der Waals surface area (Å²) in [7, 11) is 0. The number of aromatic carboxylic acids is 1. The lowest BCUT2D eigenvalue weighted by Crippen LogP contribution is -2.24. The molecule has 0 radical (unpaired) electrons. The van der Waals surface area contributed by atoms with Crippen LogP contribution < -0.4 is 9.84 Å². The number of carboxylic acid groups (broad SMARTS) is 1. The van der Waals surface area contributed by atoms with Crippen molar-refractivity contribution < 1.29 is 19.0 Å². The first-order valence-corrected chi connectivity index (χ1v) is 11.0. The molecule has 2 aromatic heterocycles. The Kier molecular flexibility index (Phi) is 6.61. The lowest BCUT2D eigenvalue weighted by atomic mass is 9.99. The first-order valence-electron chi connectivity index (χ1n) is 10.1. The average Bonchev–Trinajstić information content (AvgIpc) is 3.45. The average molecular weight is 451 g/mol. The van der Waals surface area contributed by atoms with E-state index in [1.54, 1.807) is 36.8 Å². The van der Waals surface area contributed by atoms with E-state index in [0.717, 1.165) is 16.3 Å². The lowest BCUT2D eigenvalue weighted by molar-refractivity contribution is -0.255. The molecule has 0 aliphatic heterocycles. The fraction of sp³-hybridized carbons (Fsp3) is 0.208. The predicted octanol–water partition coefficient (Wildman–Crippen LogP) is 3.76. The smallest absolute Gasteiger partial charge is 0.168 e. The van der Waals surface area contributed by atoms with Gasteiger partial charge in [-0.3, -0.25) is 0 Å². The van der Waals surface area contributed by atoms with Gasteiger partial charge in [0.1, 0.15) is 16.6 Å². The van der Waals surface area contributed by atoms with Crippen molar-refractivity contribution in [1.82, 2.24) is 14.5 Å². The van der Waals surface area contributed by atoms with Crippen molar-refractivity contribution in [1.29, 1.82) is 0 Å². The van der Waals surface area contributed by atoms with Crippen LogP contribution in [0.15, 0.2) is 66.6 Å². The minimum Gasteiger partial charge on any atom is -0.545 e. The van der Waals surface area contributed by atoms with E-state index in [1.165, 1.54) is 29.5 Å². The van der Waals surface area contributed by atoms with E-state index in [4.69, 9.17) is 4.74 Å². The maximum absolute atomic E-state index is 13.1. The highest BCUT2D eigenvalue weighted by molar-refractivity contribution is 7.09. The van der Waals surface area contributed by atoms with E-state index >= 15 is 0 Å². The predicted molar refractivity (Wildman–Crippen MR) is 117 cm³/mol. The van der Waals surface area contributed by atoms with Gasteiger partial charge in [-0.15, -0.1) is 11.3 Å². The molecule has 8 heteroatoms. The number of halogens is 1. The number of thiazole rings is 1. The number of hydrogen-bond acceptors (Lipinski definition) is 6. The van der Waals surface area contributed by atoms with E-state index < -0.39 is 12.1 Å². The minimum atomic E-state index is -1.26. The third kappa shape index (κ3) is 5.39. The Labute approximate surface area is 189 Å². The second-order valence-electron chi connectivity index (χ2n) is 7.42. The van der Waals surface area contributed by atoms with E-state index in [9.17, 15) is 14.3 Å². The molecule has 0 bridgehead atoms. The van der Waals surface area contributed by atoms with Crippen molar-refractivity contribution in [3.63, 3.8) is 0 Å². The quantitative estimate of drug-likeness (QED) is 0.388. The highest BCUT2D eigenvalue weighted by atomic mass is 32.1. The number of imidazole rings is 1. The molecule has 0 fully saturated rings. The monoisotopic (exact) mass is 450 g/mol. The van der Waals surface area contributed by atoms with Gasteiger partial charge in [-0.1, -0.05) is 18.2 Å². The third-order valence-electron chi connectivity index (χ3n) is 5.04. The molecule has 1 unspecified atom stereocenters. The fourth-order valence-corrected chi connectivity index (χ4v) is 4.11. The number of carbonyl (C=O) groups is 1. The molecular formula is C24H21FN3O3S-. The maximum atomic E-state index is 13.1. The van der Waals surface area contributed by atoms with Gasteiger partial charge in [-0.05, 0) is 55.2 Å². The molecule has 0 spiro atoms. The van der Waals surface area contributed by atoms with E-state index in [1.807, 2.05) is 23.1 Å². The van der Waals surface area contributed by atoms with Crippen LogP contribution in [0.5, 0.6) is 5.75 Å². The summed E-state index contributed by atoms with van der Waals surface area (Å²) in [5, 5.41) is 14.5. The van der Waals surface area contributed by atoms with Crippen molar-refractivity contribution in [3.8, 4) is 5.75 Å². The Morgan fingerprint density at radius 3 is 2.66 bits per heavy atom. The van der Waals surface area contributed by atoms with Crippen LogP contribution in [-0.4, -0.2) is 20.5 Å². The zero-order valence-corrected chi connectivity index (χ0v) is 18.2. The van der Waals surface area contributed by atoms with Gasteiger partial charge in [0.05, 0.1) is 24.5 Å². The van der Waals surface area contributed by atoms with E-state index in [0.29, 0.717) is 30.7 Å². The summed E-state index contributed by atoms with van der Waals surface area (Å²) in [6.07, 6.45) is 6.02. The first kappa shape index (κ1) is 21.7. The van der Waals surface area contributed by atoms with Crippen LogP contribution in [-0.2, 0) is 19.4 Å². The van der Waals surface area contributed by atoms with Gasteiger partial charge in [0.15, 0.2) is 6.10 Å². The number of carbonyl (C=O) groups excluding carboxylic acids is 1. The summed E-state index contributed by atoms with van der Waals surface area (Å²) in [4.78, 5) is 20.4. The molecule has 4 aromatic rings. The van der Waals surface area contributed by atoms with Crippen LogP contribution in [0.2, 0.25) is 0 Å². The molecule has 1 atom stereocenters. The summed E-state index contributed by atoms with van der Waals surface area (Å²) >= 11 is 1.47. The number of benzene rings is 2. The van der Waals surface area contributed by atoms with Crippen LogP contribution in [0.25, 0.3) is 0 Å². The highest BCUT2D eigenvalue weighted by Crippen LogP contribution is 2.27. The van der Waals surface area contributed by atoms with Crippen molar-refractivity contribution in [2.24, 2.45) is 0 Å². The van der Waals surface area contributed by atoms with Crippen LogP contribution >= 0.6 is 11.3 Å². The fourth-order valence-electron chi connectivity index (χ4n) is 3.45. The van der Waals surface area contributed by atoms with Crippen molar-refractivity contribution in [3.05, 3.63) is 99.8 Å². The molecule has 0 amide bonds. The molecule has 0 aliphatic rings. The van der Waals surface area contributed by atoms with Gasteiger partial charge >= 0.3 is 0 Å². The number of rotatable bonds is 9. The topological polar surface area (TPSA) is 80.1 Å². The zero-order chi connectivity index (χ0) is 22.5. The normalized spacial score (nSPS) is 11.9. The van der Waals surface area contributed by atoms with Crippen LogP contribution in [0.1, 0.15) is 38.3 Å². The number of aromatic nitrogens is 3. The van der Waals surface area contributed by atoms with Gasteiger partial charge in [-0.2, -0.15) is 0 Å². The number of ether oxygens (including phenoxy) is 1. The van der Waals surface area contributed by atoms with Crippen LogP contribution in [0.3, 0.4) is 0 Å². The Balaban J connectivity index is 1.53. The Morgan fingerprint density at radius 1 is 1.19 bits per heavy atom. The second kappa shape index (κ2) is 9.74.